The van der Waals surface area contributed by atoms with E-state index in [1.807, 2.05) is 12.1 Å². The average Bonchev–Trinajstić information content (AvgIpc) is 2.92. The number of rotatable bonds is 5. The maximum atomic E-state index is 13.2. The van der Waals surface area contributed by atoms with E-state index in [-0.39, 0.29) is 27.4 Å². The molecule has 37 heavy (non-hydrogen) atoms. The molecule has 3 aromatic rings. The Kier molecular flexibility index (Phi) is 7.46. The predicted molar refractivity (Wildman–Crippen MR) is 142 cm³/mol. The van der Waals surface area contributed by atoms with Crippen LogP contribution < -0.4 is 11.3 Å². The average molecular weight is 535 g/mol. The Bertz CT molecular complexity index is 1620. The molecule has 1 fully saturated rings. The lowest BCUT2D eigenvalue weighted by Crippen LogP contribution is -2.35. The van der Waals surface area contributed by atoms with E-state index in [4.69, 9.17) is 17.3 Å². The zero-order valence-electron chi connectivity index (χ0n) is 20.0. The van der Waals surface area contributed by atoms with Gasteiger partial charge >= 0.3 is 0 Å². The summed E-state index contributed by atoms with van der Waals surface area (Å²) in [5.41, 5.74) is 6.48. The summed E-state index contributed by atoms with van der Waals surface area (Å²) in [7, 11) is -3.59. The number of hydrogen-bond acceptors (Lipinski definition) is 7. The molecule has 1 aliphatic heterocycles. The minimum absolute atomic E-state index is 0.0713. The van der Waals surface area contributed by atoms with Gasteiger partial charge in [-0.05, 0) is 55.2 Å². The third kappa shape index (κ3) is 5.00. The van der Waals surface area contributed by atoms with Gasteiger partial charge in [-0.25, -0.2) is 8.42 Å². The highest BCUT2D eigenvalue weighted by Crippen LogP contribution is 2.30. The van der Waals surface area contributed by atoms with Crippen LogP contribution in [0, 0.1) is 22.7 Å². The van der Waals surface area contributed by atoms with Gasteiger partial charge in [0.25, 0.3) is 5.56 Å². The molecule has 0 aliphatic carbocycles. The molecule has 0 radical (unpaired) electrons. The third-order valence-corrected chi connectivity index (χ3v) is 8.39. The Morgan fingerprint density at radius 2 is 1.57 bits per heavy atom. The molecule has 0 unspecified atom stereocenters. The van der Waals surface area contributed by atoms with Gasteiger partial charge in [0.1, 0.15) is 29.1 Å². The van der Waals surface area contributed by atoms with E-state index in [1.165, 1.54) is 16.4 Å². The van der Waals surface area contributed by atoms with Crippen molar-refractivity contribution < 1.29 is 8.42 Å². The van der Waals surface area contributed by atoms with Gasteiger partial charge in [0.15, 0.2) is 0 Å². The fourth-order valence-electron chi connectivity index (χ4n) is 4.23. The highest BCUT2D eigenvalue weighted by molar-refractivity contribution is 7.89. The summed E-state index contributed by atoms with van der Waals surface area (Å²) in [6.07, 6.45) is 2.70. The second-order valence-electron chi connectivity index (χ2n) is 8.53. The standard InChI is InChI=1S/C26H23ClN6O3S/c1-17(18-7-11-21(12-8-18)37(35,36)32-13-3-2-4-14-32)31-33-25(30)22(15-28)24(23(16-29)26(33)34)19-5-9-20(27)10-6-19/h5-12H,2-4,13-14,30H2,1H3/b31-17+. The fraction of sp³-hybridized carbons (Fsp3) is 0.231. The lowest BCUT2D eigenvalue weighted by molar-refractivity contribution is 0.346. The molecule has 4 rings (SSSR count). The number of benzene rings is 2. The Labute approximate surface area is 219 Å². The zero-order valence-corrected chi connectivity index (χ0v) is 21.6. The van der Waals surface area contributed by atoms with E-state index < -0.39 is 15.6 Å². The summed E-state index contributed by atoms with van der Waals surface area (Å²) in [6.45, 7) is 2.62. The lowest BCUT2D eigenvalue weighted by Gasteiger charge is -2.25. The Morgan fingerprint density at radius 1 is 0.973 bits per heavy atom. The molecule has 2 aromatic carbocycles. The maximum absolute atomic E-state index is 13.2. The summed E-state index contributed by atoms with van der Waals surface area (Å²) in [5, 5.41) is 24.3. The summed E-state index contributed by atoms with van der Waals surface area (Å²) < 4.78 is 28.2. The van der Waals surface area contributed by atoms with Crippen molar-refractivity contribution in [3.8, 4) is 23.3 Å². The van der Waals surface area contributed by atoms with Crippen molar-refractivity contribution in [1.29, 1.82) is 10.5 Å². The van der Waals surface area contributed by atoms with Crippen LogP contribution in [0.15, 0.2) is 63.3 Å². The van der Waals surface area contributed by atoms with Gasteiger partial charge in [-0.15, -0.1) is 0 Å². The summed E-state index contributed by atoms with van der Waals surface area (Å²) >= 11 is 5.95. The molecule has 1 aromatic heterocycles. The number of nitrogens with two attached hydrogens (primary N) is 1. The van der Waals surface area contributed by atoms with Crippen molar-refractivity contribution in [3.05, 3.63) is 80.6 Å². The van der Waals surface area contributed by atoms with Gasteiger partial charge in [0.2, 0.25) is 10.0 Å². The minimum atomic E-state index is -3.59. The predicted octanol–water partition coefficient (Wildman–Crippen LogP) is 3.94. The first-order valence-electron chi connectivity index (χ1n) is 11.5. The van der Waals surface area contributed by atoms with E-state index in [9.17, 15) is 23.7 Å². The van der Waals surface area contributed by atoms with Gasteiger partial charge in [0.05, 0.1) is 10.6 Å². The topological polar surface area (TPSA) is 145 Å². The largest absolute Gasteiger partial charge is 0.382 e. The first kappa shape index (κ1) is 26.1. The summed E-state index contributed by atoms with van der Waals surface area (Å²) in [5.74, 6) is -0.222. The van der Waals surface area contributed by atoms with Crippen molar-refractivity contribution in [2.24, 2.45) is 5.10 Å². The number of nitriles is 2. The number of piperidine rings is 1. The Morgan fingerprint density at radius 3 is 2.14 bits per heavy atom. The van der Waals surface area contributed by atoms with Crippen molar-refractivity contribution in [2.45, 2.75) is 31.1 Å². The van der Waals surface area contributed by atoms with Crippen LogP contribution in [0.1, 0.15) is 42.9 Å². The van der Waals surface area contributed by atoms with Crippen molar-refractivity contribution in [3.63, 3.8) is 0 Å². The molecule has 2 N–H and O–H groups in total. The quantitative estimate of drug-likeness (QED) is 0.490. The number of anilines is 1. The van der Waals surface area contributed by atoms with E-state index in [2.05, 4.69) is 5.10 Å². The van der Waals surface area contributed by atoms with Crippen LogP contribution in [0.2, 0.25) is 5.02 Å². The highest BCUT2D eigenvalue weighted by atomic mass is 35.5. The molecule has 0 spiro atoms. The van der Waals surface area contributed by atoms with Crippen molar-refractivity contribution >= 4 is 33.2 Å². The van der Waals surface area contributed by atoms with E-state index in [0.717, 1.165) is 23.9 Å². The Balaban J connectivity index is 1.76. The van der Waals surface area contributed by atoms with E-state index >= 15 is 0 Å². The van der Waals surface area contributed by atoms with Crippen LogP contribution in [-0.2, 0) is 10.0 Å². The molecule has 1 saturated heterocycles. The lowest BCUT2D eigenvalue weighted by atomic mass is 9.96. The molecule has 188 valence electrons. The first-order chi connectivity index (χ1) is 17.7. The van der Waals surface area contributed by atoms with Gasteiger partial charge in [-0.2, -0.15) is 24.6 Å². The monoisotopic (exact) mass is 534 g/mol. The third-order valence-electron chi connectivity index (χ3n) is 6.22. The number of pyridine rings is 1. The maximum Gasteiger partial charge on any atom is 0.291 e. The Hall–Kier alpha value is -3.96. The van der Waals surface area contributed by atoms with Crippen LogP contribution in [0.25, 0.3) is 11.1 Å². The van der Waals surface area contributed by atoms with E-state index in [1.54, 1.807) is 43.3 Å². The smallest absolute Gasteiger partial charge is 0.291 e. The van der Waals surface area contributed by atoms with Gasteiger partial charge < -0.3 is 5.73 Å². The molecular formula is C26H23ClN6O3S. The van der Waals surface area contributed by atoms with Crippen LogP contribution in [-0.4, -0.2) is 36.2 Å². The fourth-order valence-corrected chi connectivity index (χ4v) is 5.88. The summed E-state index contributed by atoms with van der Waals surface area (Å²) in [6, 6.07) is 16.4. The first-order valence-corrected chi connectivity index (χ1v) is 13.3. The van der Waals surface area contributed by atoms with E-state index in [0.29, 0.717) is 35.0 Å². The SMILES string of the molecule is C/C(=N\n1c(N)c(C#N)c(-c2ccc(Cl)cc2)c(C#N)c1=O)c1ccc(S(=O)(=O)N2CCCCC2)cc1. The van der Waals surface area contributed by atoms with Crippen LogP contribution in [0.5, 0.6) is 0 Å². The number of halogens is 1. The van der Waals surface area contributed by atoms with Crippen LogP contribution in [0.3, 0.4) is 0 Å². The molecule has 0 saturated carbocycles. The second kappa shape index (κ2) is 10.6. The second-order valence-corrected chi connectivity index (χ2v) is 10.9. The molecule has 0 atom stereocenters. The normalized spacial score (nSPS) is 14.6. The van der Waals surface area contributed by atoms with Crippen LogP contribution in [0.4, 0.5) is 5.82 Å². The molecular weight excluding hydrogens is 512 g/mol. The molecule has 0 bridgehead atoms. The molecule has 0 amide bonds. The number of hydrogen-bond donors (Lipinski definition) is 1. The molecule has 9 nitrogen and oxygen atoms in total. The molecule has 11 heteroatoms. The van der Waals surface area contributed by atoms with Gasteiger partial charge in [-0.3, -0.25) is 4.79 Å². The van der Waals surface area contributed by atoms with Gasteiger partial charge in [-0.1, -0.05) is 42.3 Å². The van der Waals surface area contributed by atoms with Crippen LogP contribution >= 0.6 is 11.6 Å². The van der Waals surface area contributed by atoms with Crippen molar-refractivity contribution in [1.82, 2.24) is 8.98 Å². The van der Waals surface area contributed by atoms with Gasteiger partial charge in [0, 0.05) is 23.7 Å². The number of sulfonamides is 1. The van der Waals surface area contributed by atoms with Crippen molar-refractivity contribution in [2.75, 3.05) is 18.8 Å². The molecule has 2 heterocycles. The highest BCUT2D eigenvalue weighted by Gasteiger charge is 2.26. The summed E-state index contributed by atoms with van der Waals surface area (Å²) in [4.78, 5) is 13.4. The number of nitrogens with zero attached hydrogens (tertiary/aromatic N) is 5. The zero-order chi connectivity index (χ0) is 26.7. The molecule has 1 aliphatic rings. The number of nitrogen functional groups attached to an aromatic ring is 1. The number of aromatic nitrogens is 1. The minimum Gasteiger partial charge on any atom is -0.382 e.